The summed E-state index contributed by atoms with van der Waals surface area (Å²) in [6, 6.07) is 7.08. The normalized spacial score (nSPS) is 13.3. The highest BCUT2D eigenvalue weighted by atomic mass is 35.7. The number of halogens is 3. The Morgan fingerprint density at radius 1 is 0.867 bits per heavy atom. The third kappa shape index (κ3) is 9.94. The molecular weight excluding hydrogens is 460 g/mol. The molecule has 1 aliphatic heterocycles. The lowest BCUT2D eigenvalue weighted by Gasteiger charge is -1.99. The predicted octanol–water partition coefficient (Wildman–Crippen LogP) is 4.28. The third-order valence-electron chi connectivity index (χ3n) is 3.72. The summed E-state index contributed by atoms with van der Waals surface area (Å²) in [4.78, 5) is -0.419. The topological polar surface area (TPSA) is 104 Å². The maximum Gasteiger partial charge on any atom is 0.261 e. The number of sulfonamides is 1. The van der Waals surface area contributed by atoms with Crippen molar-refractivity contribution in [2.45, 2.75) is 43.9 Å². The number of ether oxygens (including phenoxy) is 1. The monoisotopic (exact) mass is 485 g/mol. The van der Waals surface area contributed by atoms with Crippen LogP contribution in [0.4, 0.5) is 8.78 Å². The number of benzene rings is 2. The largest absolute Gasteiger partial charge is 0.381 e. The van der Waals surface area contributed by atoms with Gasteiger partial charge in [0.05, 0.1) is 9.79 Å². The molecule has 1 heterocycles. The van der Waals surface area contributed by atoms with Gasteiger partial charge in [-0.05, 0) is 62.1 Å². The summed E-state index contributed by atoms with van der Waals surface area (Å²) in [6.07, 6.45) is 2.56. The van der Waals surface area contributed by atoms with Gasteiger partial charge in [-0.1, -0.05) is 19.6 Å². The van der Waals surface area contributed by atoms with Crippen LogP contribution < -0.4 is 5.14 Å². The van der Waals surface area contributed by atoms with E-state index in [1.165, 1.54) is 37.1 Å². The summed E-state index contributed by atoms with van der Waals surface area (Å²) in [6.45, 7) is 5.09. The molecule has 0 bridgehead atoms. The molecule has 1 saturated heterocycles. The van der Waals surface area contributed by atoms with Crippen molar-refractivity contribution in [2.75, 3.05) is 13.2 Å². The molecule has 11 heteroatoms. The first-order valence-electron chi connectivity index (χ1n) is 8.40. The third-order valence-corrected chi connectivity index (χ3v) is 5.99. The van der Waals surface area contributed by atoms with Gasteiger partial charge < -0.3 is 4.74 Å². The van der Waals surface area contributed by atoms with E-state index >= 15 is 0 Å². The summed E-state index contributed by atoms with van der Waals surface area (Å²) in [5.74, 6) is -1.14. The van der Waals surface area contributed by atoms with Crippen LogP contribution in [-0.2, 0) is 23.8 Å². The number of hydrogen-bond donors (Lipinski definition) is 1. The fraction of sp³-hybridized carbons (Fsp3) is 0.368. The van der Waals surface area contributed by atoms with Gasteiger partial charge >= 0.3 is 0 Å². The lowest BCUT2D eigenvalue weighted by molar-refractivity contribution is 0.198. The number of aryl methyl sites for hydroxylation is 2. The van der Waals surface area contributed by atoms with Crippen molar-refractivity contribution in [2.24, 2.45) is 5.14 Å². The van der Waals surface area contributed by atoms with Gasteiger partial charge in [-0.15, -0.1) is 0 Å². The molecule has 0 saturated carbocycles. The second kappa shape index (κ2) is 12.3. The number of primary sulfonamides is 1. The van der Waals surface area contributed by atoms with E-state index in [9.17, 15) is 25.6 Å². The maximum absolute atomic E-state index is 12.8. The van der Waals surface area contributed by atoms with E-state index in [2.05, 4.69) is 0 Å². The molecule has 1 fully saturated rings. The van der Waals surface area contributed by atoms with Crippen molar-refractivity contribution in [3.8, 4) is 0 Å². The molecule has 0 unspecified atom stereocenters. The molecule has 0 atom stereocenters. The molecule has 2 aromatic carbocycles. The van der Waals surface area contributed by atoms with Crippen LogP contribution in [0.15, 0.2) is 46.2 Å². The molecule has 0 spiro atoms. The Kier molecular flexibility index (Phi) is 11.7. The molecule has 0 amide bonds. The summed E-state index contributed by atoms with van der Waals surface area (Å²) in [7, 11) is -2.60. The molecule has 6 nitrogen and oxygen atoms in total. The smallest absolute Gasteiger partial charge is 0.261 e. The minimum atomic E-state index is -3.81. The van der Waals surface area contributed by atoms with Crippen molar-refractivity contribution in [1.82, 2.24) is 0 Å². The van der Waals surface area contributed by atoms with Gasteiger partial charge in [0.2, 0.25) is 10.0 Å². The van der Waals surface area contributed by atoms with Gasteiger partial charge in [-0.2, -0.15) is 0 Å². The van der Waals surface area contributed by atoms with Crippen molar-refractivity contribution >= 4 is 29.8 Å². The van der Waals surface area contributed by atoms with Crippen LogP contribution in [0.5, 0.6) is 0 Å². The van der Waals surface area contributed by atoms with Gasteiger partial charge in [0.25, 0.3) is 9.05 Å². The van der Waals surface area contributed by atoms with E-state index in [-0.39, 0.29) is 17.2 Å². The maximum atomic E-state index is 12.8. The van der Waals surface area contributed by atoms with E-state index in [1.54, 1.807) is 13.8 Å². The van der Waals surface area contributed by atoms with Crippen LogP contribution in [0.3, 0.4) is 0 Å². The van der Waals surface area contributed by atoms with Crippen molar-refractivity contribution in [3.05, 3.63) is 59.2 Å². The summed E-state index contributed by atoms with van der Waals surface area (Å²) < 4.78 is 73.3. The van der Waals surface area contributed by atoms with Gasteiger partial charge in [0.1, 0.15) is 11.6 Å². The molecule has 2 N–H and O–H groups in total. The summed E-state index contributed by atoms with van der Waals surface area (Å²) in [5, 5.41) is 4.78. The van der Waals surface area contributed by atoms with E-state index in [4.69, 9.17) is 20.6 Å². The average molecular weight is 486 g/mol. The zero-order valence-corrected chi connectivity index (χ0v) is 18.3. The van der Waals surface area contributed by atoms with Gasteiger partial charge in [0.15, 0.2) is 0 Å². The summed E-state index contributed by atoms with van der Waals surface area (Å²) >= 11 is 0. The summed E-state index contributed by atoms with van der Waals surface area (Å²) in [5.41, 5.74) is 0.779. The Morgan fingerprint density at radius 3 is 1.57 bits per heavy atom. The highest BCUT2D eigenvalue weighted by molar-refractivity contribution is 8.13. The van der Waals surface area contributed by atoms with Gasteiger partial charge in [-0.25, -0.2) is 30.8 Å². The van der Waals surface area contributed by atoms with E-state index in [1.807, 2.05) is 0 Å². The molecule has 2 aromatic rings. The van der Waals surface area contributed by atoms with Crippen LogP contribution in [0, 0.1) is 25.5 Å². The van der Waals surface area contributed by atoms with Crippen LogP contribution in [0.25, 0.3) is 0 Å². The minimum Gasteiger partial charge on any atom is -0.381 e. The molecule has 0 radical (unpaired) electrons. The van der Waals surface area contributed by atoms with E-state index in [0.717, 1.165) is 25.3 Å². The van der Waals surface area contributed by atoms with E-state index < -0.39 is 30.7 Å². The number of rotatable bonds is 2. The minimum absolute atomic E-state index is 0. The van der Waals surface area contributed by atoms with Gasteiger partial charge in [0, 0.05) is 23.9 Å². The zero-order valence-electron chi connectivity index (χ0n) is 15.9. The first-order chi connectivity index (χ1) is 13.3. The molecular formula is C19H26ClF2NO5S2. The molecule has 30 heavy (non-hydrogen) atoms. The van der Waals surface area contributed by atoms with E-state index in [0.29, 0.717) is 11.1 Å². The average Bonchev–Trinajstić information content (AvgIpc) is 3.18. The zero-order chi connectivity index (χ0) is 22.2. The number of nitrogens with two attached hydrogens (primary N) is 1. The Morgan fingerprint density at radius 2 is 1.27 bits per heavy atom. The Hall–Kier alpha value is -1.59. The molecule has 3 rings (SSSR count). The van der Waals surface area contributed by atoms with Gasteiger partial charge in [-0.3, -0.25) is 0 Å². The highest BCUT2D eigenvalue weighted by Crippen LogP contribution is 2.17. The fourth-order valence-electron chi connectivity index (χ4n) is 1.99. The SMILES string of the molecule is C.C1CCOC1.Cc1ccc(S(=O)(=O)Cl)cc1F.Cc1ccc(S(N)(=O)=O)cc1F. The standard InChI is InChI=1S/C7H6ClFO2S.C7H8FNO2S.C4H8O.CH4/c1-5-2-3-6(4-7(5)9)12(8,10)11;1-5-2-3-6(4-7(5)8)12(9,10)11;1-2-4-5-3-1;/h2-4H,1H3;2-4H,1H3,(H2,9,10,11);1-4H2;1H4. The van der Waals surface area contributed by atoms with Crippen molar-refractivity contribution < 1.29 is 30.4 Å². The Bertz CT molecular complexity index is 954. The van der Waals surface area contributed by atoms with Crippen molar-refractivity contribution in [1.29, 1.82) is 0 Å². The first kappa shape index (κ1) is 28.4. The van der Waals surface area contributed by atoms with Crippen LogP contribution in [0.1, 0.15) is 31.4 Å². The molecule has 0 aliphatic carbocycles. The second-order valence-corrected chi connectivity index (χ2v) is 10.3. The highest BCUT2D eigenvalue weighted by Gasteiger charge is 2.11. The first-order valence-corrected chi connectivity index (χ1v) is 12.3. The second-order valence-electron chi connectivity index (χ2n) is 6.12. The Labute approximate surface area is 181 Å². The quantitative estimate of drug-likeness (QED) is 0.639. The Balaban J connectivity index is 0.000000445. The molecule has 1 aliphatic rings. The van der Waals surface area contributed by atoms with Crippen LogP contribution in [0.2, 0.25) is 0 Å². The lowest BCUT2D eigenvalue weighted by Crippen LogP contribution is -2.12. The van der Waals surface area contributed by atoms with Crippen LogP contribution >= 0.6 is 10.7 Å². The van der Waals surface area contributed by atoms with Crippen LogP contribution in [-0.4, -0.2) is 30.0 Å². The molecule has 0 aromatic heterocycles. The lowest BCUT2D eigenvalue weighted by atomic mass is 10.2. The fourth-order valence-corrected chi connectivity index (χ4v) is 3.27. The number of hydrogen-bond acceptors (Lipinski definition) is 5. The predicted molar refractivity (Wildman–Crippen MR) is 113 cm³/mol. The van der Waals surface area contributed by atoms with Crippen molar-refractivity contribution in [3.63, 3.8) is 0 Å². The molecule has 170 valence electrons.